The molecule has 0 spiro atoms. The van der Waals surface area contributed by atoms with Crippen LogP contribution in [0.4, 0.5) is 0 Å². The molecule has 0 aliphatic carbocycles. The van der Waals surface area contributed by atoms with E-state index in [9.17, 15) is 0 Å². The van der Waals surface area contributed by atoms with Gasteiger partial charge in [0.25, 0.3) is 0 Å². The molecular weight excluding hydrogens is 248 g/mol. The van der Waals surface area contributed by atoms with E-state index in [2.05, 4.69) is 22.0 Å². The lowest BCUT2D eigenvalue weighted by Crippen LogP contribution is -1.69. The number of phenols is 1. The van der Waals surface area contributed by atoms with Crippen molar-refractivity contribution in [2.24, 2.45) is 0 Å². The van der Waals surface area contributed by atoms with Gasteiger partial charge in [-0.05, 0) is 51.8 Å². The summed E-state index contributed by atoms with van der Waals surface area (Å²) < 4.78 is 1.10. The highest BCUT2D eigenvalue weighted by Gasteiger charge is 2.00. The minimum absolute atomic E-state index is 0.305. The Morgan fingerprint density at radius 2 is 1.85 bits per heavy atom. The van der Waals surface area contributed by atoms with Crippen molar-refractivity contribution in [1.82, 2.24) is 0 Å². The number of phenolic OH excluding ortho intramolecular Hbond substituents is 1. The van der Waals surface area contributed by atoms with Crippen LogP contribution >= 0.6 is 27.3 Å². The van der Waals surface area contributed by atoms with E-state index in [1.807, 2.05) is 17.5 Å². The Bertz CT molecular complexity index is 405. The third-order valence-electron chi connectivity index (χ3n) is 1.72. The minimum Gasteiger partial charge on any atom is -0.508 e. The minimum atomic E-state index is 0.305. The molecule has 13 heavy (non-hydrogen) atoms. The van der Waals surface area contributed by atoms with Gasteiger partial charge >= 0.3 is 0 Å². The van der Waals surface area contributed by atoms with Gasteiger partial charge in [0.1, 0.15) is 5.75 Å². The molecule has 66 valence electrons. The molecule has 0 unspecified atom stereocenters. The molecule has 2 rings (SSSR count). The number of aromatic hydroxyl groups is 1. The third-order valence-corrected chi connectivity index (χ3v) is 3.46. The molecule has 0 aliphatic rings. The van der Waals surface area contributed by atoms with Crippen LogP contribution in [0.25, 0.3) is 10.4 Å². The average molecular weight is 255 g/mol. The Balaban J connectivity index is 2.41. The van der Waals surface area contributed by atoms with Crippen LogP contribution in [0.3, 0.4) is 0 Å². The van der Waals surface area contributed by atoms with E-state index in [-0.39, 0.29) is 0 Å². The number of rotatable bonds is 1. The summed E-state index contributed by atoms with van der Waals surface area (Å²) in [6.07, 6.45) is 0. The van der Waals surface area contributed by atoms with Gasteiger partial charge in [-0.25, -0.2) is 0 Å². The summed E-state index contributed by atoms with van der Waals surface area (Å²) in [7, 11) is 0. The predicted molar refractivity (Wildman–Crippen MR) is 59.1 cm³/mol. The molecule has 0 amide bonds. The van der Waals surface area contributed by atoms with Gasteiger partial charge in [0.05, 0.1) is 0 Å². The van der Waals surface area contributed by atoms with Gasteiger partial charge in [0.15, 0.2) is 0 Å². The zero-order valence-corrected chi connectivity index (χ0v) is 9.10. The molecule has 1 N–H and O–H groups in total. The van der Waals surface area contributed by atoms with Gasteiger partial charge in [-0.1, -0.05) is 0 Å². The first kappa shape index (κ1) is 8.78. The summed E-state index contributed by atoms with van der Waals surface area (Å²) in [5, 5.41) is 11.1. The van der Waals surface area contributed by atoms with Crippen molar-refractivity contribution < 1.29 is 5.11 Å². The maximum atomic E-state index is 9.10. The summed E-state index contributed by atoms with van der Waals surface area (Å²) in [6.45, 7) is 0. The second-order valence-corrected chi connectivity index (χ2v) is 4.50. The Hall–Kier alpha value is -0.800. The zero-order valence-electron chi connectivity index (χ0n) is 6.70. The highest BCUT2D eigenvalue weighted by molar-refractivity contribution is 9.10. The normalized spacial score (nSPS) is 10.2. The van der Waals surface area contributed by atoms with Gasteiger partial charge in [-0.2, -0.15) is 0 Å². The van der Waals surface area contributed by atoms with E-state index in [1.165, 1.54) is 4.88 Å². The molecule has 0 saturated carbocycles. The van der Waals surface area contributed by atoms with Gasteiger partial charge in [0, 0.05) is 14.7 Å². The number of hydrogen-bond donors (Lipinski definition) is 1. The lowest BCUT2D eigenvalue weighted by Gasteiger charge is -1.96. The Labute approximate surface area is 88.8 Å². The van der Waals surface area contributed by atoms with Crippen LogP contribution < -0.4 is 0 Å². The van der Waals surface area contributed by atoms with Crippen molar-refractivity contribution >= 4 is 27.3 Å². The molecule has 0 saturated heterocycles. The third kappa shape index (κ3) is 1.92. The van der Waals surface area contributed by atoms with Crippen LogP contribution in [0.2, 0.25) is 0 Å². The van der Waals surface area contributed by atoms with E-state index >= 15 is 0 Å². The highest BCUT2D eigenvalue weighted by atomic mass is 79.9. The Kier molecular flexibility index (Phi) is 2.38. The van der Waals surface area contributed by atoms with Crippen molar-refractivity contribution in [3.05, 3.63) is 40.2 Å². The number of thiophene rings is 1. The molecule has 1 nitrogen and oxygen atoms in total. The molecule has 0 radical (unpaired) electrons. The first-order chi connectivity index (χ1) is 6.25. The number of halogens is 1. The van der Waals surface area contributed by atoms with Gasteiger partial charge < -0.3 is 5.11 Å². The summed E-state index contributed by atoms with van der Waals surface area (Å²) in [4.78, 5) is 1.20. The topological polar surface area (TPSA) is 20.2 Å². The fourth-order valence-corrected chi connectivity index (χ4v) is 2.53. The lowest BCUT2D eigenvalue weighted by molar-refractivity contribution is 0.475. The van der Waals surface area contributed by atoms with Crippen molar-refractivity contribution in [1.29, 1.82) is 0 Å². The second kappa shape index (κ2) is 3.52. The molecule has 0 aliphatic heterocycles. The van der Waals surface area contributed by atoms with Crippen LogP contribution in [0.1, 0.15) is 0 Å². The molecule has 0 bridgehead atoms. The molecule has 1 aromatic carbocycles. The molecule has 0 fully saturated rings. The molecular formula is C10H7BrOS. The predicted octanol–water partition coefficient (Wildman–Crippen LogP) is 3.88. The fraction of sp³-hybridized carbons (Fsp3) is 0. The Morgan fingerprint density at radius 3 is 2.38 bits per heavy atom. The van der Waals surface area contributed by atoms with Crippen molar-refractivity contribution in [2.75, 3.05) is 0 Å². The van der Waals surface area contributed by atoms with E-state index < -0.39 is 0 Å². The van der Waals surface area contributed by atoms with Crippen molar-refractivity contribution in [3.63, 3.8) is 0 Å². The average Bonchev–Trinajstić information content (AvgIpc) is 2.53. The molecule has 1 heterocycles. The van der Waals surface area contributed by atoms with Gasteiger partial charge in [-0.3, -0.25) is 0 Å². The lowest BCUT2D eigenvalue weighted by atomic mass is 10.2. The zero-order chi connectivity index (χ0) is 9.26. The van der Waals surface area contributed by atoms with E-state index in [4.69, 9.17) is 5.11 Å². The largest absolute Gasteiger partial charge is 0.508 e. The smallest absolute Gasteiger partial charge is 0.115 e. The number of hydrogen-bond acceptors (Lipinski definition) is 2. The van der Waals surface area contributed by atoms with Crippen LogP contribution in [0.15, 0.2) is 40.2 Å². The quantitative estimate of drug-likeness (QED) is 0.819. The maximum Gasteiger partial charge on any atom is 0.115 e. The van der Waals surface area contributed by atoms with E-state index in [0.29, 0.717) is 5.75 Å². The summed E-state index contributed by atoms with van der Waals surface area (Å²) in [6, 6.07) is 9.28. The Morgan fingerprint density at radius 1 is 1.15 bits per heavy atom. The van der Waals surface area contributed by atoms with Crippen LogP contribution in [-0.4, -0.2) is 5.11 Å². The second-order valence-electron chi connectivity index (χ2n) is 2.68. The molecule has 3 heteroatoms. The standard InChI is InChI=1S/C10H7BrOS/c11-8-5-10(13-6-8)7-1-3-9(12)4-2-7/h1-6,12H. The van der Waals surface area contributed by atoms with Crippen LogP contribution in [0.5, 0.6) is 5.75 Å². The van der Waals surface area contributed by atoms with Gasteiger partial charge in [0.2, 0.25) is 0 Å². The molecule has 0 atom stereocenters. The maximum absolute atomic E-state index is 9.10. The van der Waals surface area contributed by atoms with E-state index in [0.717, 1.165) is 10.0 Å². The molecule has 1 aromatic heterocycles. The van der Waals surface area contributed by atoms with Gasteiger partial charge in [-0.15, -0.1) is 11.3 Å². The summed E-state index contributed by atoms with van der Waals surface area (Å²) in [5.74, 6) is 0.305. The first-order valence-corrected chi connectivity index (χ1v) is 5.46. The van der Waals surface area contributed by atoms with Crippen LogP contribution in [0, 0.1) is 0 Å². The number of benzene rings is 1. The first-order valence-electron chi connectivity index (χ1n) is 3.79. The van der Waals surface area contributed by atoms with Crippen molar-refractivity contribution in [2.45, 2.75) is 0 Å². The summed E-state index contributed by atoms with van der Waals surface area (Å²) in [5.41, 5.74) is 1.13. The molecule has 2 aromatic rings. The highest BCUT2D eigenvalue weighted by Crippen LogP contribution is 2.30. The van der Waals surface area contributed by atoms with Crippen LogP contribution in [-0.2, 0) is 0 Å². The fourth-order valence-electron chi connectivity index (χ4n) is 1.09. The SMILES string of the molecule is Oc1ccc(-c2cc(Br)cs2)cc1. The summed E-state index contributed by atoms with van der Waals surface area (Å²) >= 11 is 5.08. The van der Waals surface area contributed by atoms with E-state index in [1.54, 1.807) is 23.5 Å². The van der Waals surface area contributed by atoms with Crippen molar-refractivity contribution in [3.8, 4) is 16.2 Å². The monoisotopic (exact) mass is 254 g/mol.